The van der Waals surface area contributed by atoms with Crippen LogP contribution in [-0.2, 0) is 17.8 Å². The van der Waals surface area contributed by atoms with Crippen molar-refractivity contribution < 1.29 is 24.1 Å². The lowest BCUT2D eigenvalue weighted by atomic mass is 9.88. The van der Waals surface area contributed by atoms with Crippen LogP contribution in [0.1, 0.15) is 47.1 Å². The Morgan fingerprint density at radius 1 is 1.03 bits per heavy atom. The molecule has 1 N–H and O–H groups in total. The van der Waals surface area contributed by atoms with Crippen LogP contribution in [0.3, 0.4) is 0 Å². The number of nitrogens with zero attached hydrogens (tertiary/aromatic N) is 4. The molecule has 0 radical (unpaired) electrons. The van der Waals surface area contributed by atoms with E-state index in [2.05, 4.69) is 26.6 Å². The summed E-state index contributed by atoms with van der Waals surface area (Å²) in [7, 11) is 0. The average Bonchev–Trinajstić information content (AvgIpc) is 3.17. The first kappa shape index (κ1) is 21.4. The van der Waals surface area contributed by atoms with Crippen molar-refractivity contribution in [2.45, 2.75) is 44.4 Å². The first-order valence-electron chi connectivity index (χ1n) is 12.0. The number of carboxylic acid groups (broad SMARTS) is 1. The summed E-state index contributed by atoms with van der Waals surface area (Å²) in [5.41, 5.74) is 2.63. The van der Waals surface area contributed by atoms with Gasteiger partial charge in [-0.25, -0.2) is 14.8 Å². The zero-order valence-electron chi connectivity index (χ0n) is 19.0. The second-order valence-electron chi connectivity index (χ2n) is 9.19. The topological polar surface area (TPSA) is 98.9 Å². The number of piperidine rings is 1. The molecule has 3 aliphatic rings. The molecule has 178 valence electrons. The van der Waals surface area contributed by atoms with Crippen LogP contribution in [0.5, 0.6) is 11.5 Å². The third-order valence-electron chi connectivity index (χ3n) is 7.06. The highest BCUT2D eigenvalue weighted by Gasteiger charge is 2.28. The molecule has 1 aromatic carbocycles. The van der Waals surface area contributed by atoms with Crippen LogP contribution >= 0.6 is 0 Å². The van der Waals surface area contributed by atoms with Gasteiger partial charge in [0.05, 0.1) is 19.2 Å². The minimum absolute atomic E-state index is 0.0351. The van der Waals surface area contributed by atoms with Crippen LogP contribution in [0.25, 0.3) is 11.2 Å². The Morgan fingerprint density at radius 3 is 2.62 bits per heavy atom. The first-order chi connectivity index (χ1) is 16.7. The molecule has 0 spiro atoms. The smallest absolute Gasteiger partial charge is 0.354 e. The fourth-order valence-corrected chi connectivity index (χ4v) is 5.13. The Hall–Kier alpha value is -3.17. The lowest BCUT2D eigenvalue weighted by Crippen LogP contribution is -2.35. The van der Waals surface area contributed by atoms with Gasteiger partial charge >= 0.3 is 5.97 Å². The highest BCUT2D eigenvalue weighted by atomic mass is 16.6. The maximum Gasteiger partial charge on any atom is 0.354 e. The van der Waals surface area contributed by atoms with Gasteiger partial charge in [-0.05, 0) is 56.5 Å². The number of hydrogen-bond acceptors (Lipinski definition) is 7. The molecule has 0 bridgehead atoms. The molecule has 2 saturated heterocycles. The Labute approximate surface area is 197 Å². The van der Waals surface area contributed by atoms with Gasteiger partial charge in [-0.15, -0.1) is 0 Å². The minimum Gasteiger partial charge on any atom is -0.486 e. The molecule has 9 heteroatoms. The van der Waals surface area contributed by atoms with Crippen molar-refractivity contribution in [3.8, 4) is 11.5 Å². The zero-order valence-corrected chi connectivity index (χ0v) is 19.0. The second kappa shape index (κ2) is 8.88. The van der Waals surface area contributed by atoms with Crippen LogP contribution in [0.15, 0.2) is 30.3 Å². The van der Waals surface area contributed by atoms with Crippen molar-refractivity contribution in [2.75, 3.05) is 32.9 Å². The van der Waals surface area contributed by atoms with Gasteiger partial charge in [0.25, 0.3) is 0 Å². The Kier molecular flexibility index (Phi) is 5.58. The quantitative estimate of drug-likeness (QED) is 0.594. The van der Waals surface area contributed by atoms with E-state index in [0.717, 1.165) is 61.8 Å². The number of carbonyl (C=O) groups is 1. The second-order valence-corrected chi connectivity index (χ2v) is 9.19. The maximum atomic E-state index is 11.5. The molecule has 34 heavy (non-hydrogen) atoms. The molecule has 3 aromatic rings. The summed E-state index contributed by atoms with van der Waals surface area (Å²) >= 11 is 0. The van der Waals surface area contributed by atoms with Gasteiger partial charge in [-0.3, -0.25) is 4.90 Å². The summed E-state index contributed by atoms with van der Waals surface area (Å²) in [5.74, 6) is 2.08. The van der Waals surface area contributed by atoms with Crippen LogP contribution in [0.4, 0.5) is 0 Å². The highest BCUT2D eigenvalue weighted by molar-refractivity contribution is 5.88. The molecule has 2 aromatic heterocycles. The molecule has 6 rings (SSSR count). The van der Waals surface area contributed by atoms with E-state index >= 15 is 0 Å². The standard InChI is InChI=1S/C25H28N4O5/c30-25(31)20-5-4-19-24(27-20)29(14-17-8-11-32-17)22(26-19)15-28-9-6-16(7-10-28)18-2-1-3-21-23(18)34-13-12-33-21/h1-5,16-17H,6-15H2,(H,30,31). The number of hydrogen-bond donors (Lipinski definition) is 1. The van der Waals surface area contributed by atoms with E-state index in [1.165, 1.54) is 11.6 Å². The summed E-state index contributed by atoms with van der Waals surface area (Å²) < 4.78 is 19.4. The molecule has 5 heterocycles. The first-order valence-corrected chi connectivity index (χ1v) is 12.0. The number of para-hydroxylation sites is 1. The van der Waals surface area contributed by atoms with Crippen molar-refractivity contribution in [3.63, 3.8) is 0 Å². The van der Waals surface area contributed by atoms with Crippen LogP contribution in [0.2, 0.25) is 0 Å². The van der Waals surface area contributed by atoms with Crippen molar-refractivity contribution in [2.24, 2.45) is 0 Å². The predicted molar refractivity (Wildman–Crippen MR) is 124 cm³/mol. The van der Waals surface area contributed by atoms with E-state index in [4.69, 9.17) is 19.2 Å². The molecular formula is C25H28N4O5. The fraction of sp³-hybridized carbons (Fsp3) is 0.480. The normalized spacial score (nSPS) is 20.9. The van der Waals surface area contributed by atoms with Gasteiger partial charge in [-0.1, -0.05) is 12.1 Å². The number of aromatic carboxylic acids is 1. The monoisotopic (exact) mass is 464 g/mol. The lowest BCUT2D eigenvalue weighted by Gasteiger charge is -2.34. The number of fused-ring (bicyclic) bond motifs is 2. The number of benzene rings is 1. The van der Waals surface area contributed by atoms with Gasteiger partial charge in [0.2, 0.25) is 0 Å². The molecule has 9 nitrogen and oxygen atoms in total. The van der Waals surface area contributed by atoms with Gasteiger partial charge in [0.1, 0.15) is 24.6 Å². The summed E-state index contributed by atoms with van der Waals surface area (Å²) in [5, 5.41) is 9.39. The molecule has 0 aliphatic carbocycles. The molecular weight excluding hydrogens is 436 g/mol. The molecule has 2 fully saturated rings. The van der Waals surface area contributed by atoms with Crippen molar-refractivity contribution in [3.05, 3.63) is 47.4 Å². The molecule has 1 atom stereocenters. The van der Waals surface area contributed by atoms with Crippen molar-refractivity contribution >= 4 is 17.1 Å². The highest BCUT2D eigenvalue weighted by Crippen LogP contribution is 2.41. The Bertz CT molecular complexity index is 1210. The maximum absolute atomic E-state index is 11.5. The van der Waals surface area contributed by atoms with Crippen molar-refractivity contribution in [1.29, 1.82) is 0 Å². The van der Waals surface area contributed by atoms with Gasteiger partial charge in [0, 0.05) is 12.2 Å². The number of ether oxygens (including phenoxy) is 3. The third kappa shape index (κ3) is 3.99. The largest absolute Gasteiger partial charge is 0.486 e. The summed E-state index contributed by atoms with van der Waals surface area (Å²) in [6.07, 6.45) is 3.19. The van der Waals surface area contributed by atoms with E-state index in [9.17, 15) is 9.90 Å². The Morgan fingerprint density at radius 2 is 1.85 bits per heavy atom. The predicted octanol–water partition coefficient (Wildman–Crippen LogP) is 3.07. The van der Waals surface area contributed by atoms with Gasteiger partial charge in [-0.2, -0.15) is 0 Å². The number of aromatic nitrogens is 3. The number of pyridine rings is 1. The Balaban J connectivity index is 1.20. The van der Waals surface area contributed by atoms with Crippen LogP contribution in [0, 0.1) is 0 Å². The SMILES string of the molecule is O=C(O)c1ccc2nc(CN3CCC(c4cccc5c4OCCO5)CC3)n(CC3CCO3)c2n1. The lowest BCUT2D eigenvalue weighted by molar-refractivity contribution is -0.0593. The molecule has 0 amide bonds. The zero-order chi connectivity index (χ0) is 23.1. The average molecular weight is 465 g/mol. The van der Waals surface area contributed by atoms with Crippen LogP contribution in [-0.4, -0.2) is 69.5 Å². The number of carboxylic acids is 1. The summed E-state index contributed by atoms with van der Waals surface area (Å²) in [4.78, 5) is 23.1. The summed E-state index contributed by atoms with van der Waals surface area (Å²) in [6.45, 7) is 5.22. The molecule has 1 unspecified atom stereocenters. The van der Waals surface area contributed by atoms with E-state index in [0.29, 0.717) is 37.9 Å². The van der Waals surface area contributed by atoms with Crippen molar-refractivity contribution in [1.82, 2.24) is 19.4 Å². The number of likely N-dealkylation sites (tertiary alicyclic amines) is 1. The molecule has 0 saturated carbocycles. The van der Waals surface area contributed by atoms with E-state index in [-0.39, 0.29) is 11.8 Å². The molecule has 3 aliphatic heterocycles. The summed E-state index contributed by atoms with van der Waals surface area (Å²) in [6, 6.07) is 9.47. The van der Waals surface area contributed by atoms with Crippen LogP contribution < -0.4 is 9.47 Å². The van der Waals surface area contributed by atoms with Gasteiger partial charge in [0.15, 0.2) is 22.8 Å². The minimum atomic E-state index is -1.03. The van der Waals surface area contributed by atoms with E-state index in [1.54, 1.807) is 6.07 Å². The fourth-order valence-electron chi connectivity index (χ4n) is 5.13. The number of rotatable bonds is 6. The van der Waals surface area contributed by atoms with E-state index < -0.39 is 5.97 Å². The number of imidazole rings is 1. The van der Waals surface area contributed by atoms with E-state index in [1.807, 2.05) is 6.07 Å². The third-order valence-corrected chi connectivity index (χ3v) is 7.06. The van der Waals surface area contributed by atoms with Gasteiger partial charge < -0.3 is 23.9 Å².